The van der Waals surface area contributed by atoms with Gasteiger partial charge in [0, 0.05) is 49.1 Å². The number of sulfone groups is 1. The van der Waals surface area contributed by atoms with E-state index >= 15 is 0 Å². The molecule has 4 aromatic carbocycles. The van der Waals surface area contributed by atoms with E-state index in [1.54, 1.807) is 36.4 Å². The van der Waals surface area contributed by atoms with Crippen molar-refractivity contribution in [1.82, 2.24) is 9.80 Å². The zero-order valence-electron chi connectivity index (χ0n) is 26.6. The lowest BCUT2D eigenvalue weighted by Gasteiger charge is -2.38. The van der Waals surface area contributed by atoms with Gasteiger partial charge in [-0.15, -0.1) is 0 Å². The average Bonchev–Trinajstić information content (AvgIpc) is 3.07. The topological polar surface area (TPSA) is 86.8 Å². The SMILES string of the molecule is CCN(C(=O)Cc1ccc(S(C)(=O)=O)cc1)C1CCN(CCC(c2ccccc2)c2ccc(NC(=O)c3ccccc3)cc2)CC1. The Hall–Kier alpha value is -4.27. The van der Waals surface area contributed by atoms with Crippen LogP contribution in [0, 0.1) is 0 Å². The number of benzene rings is 4. The molecule has 7 nitrogen and oxygen atoms in total. The minimum Gasteiger partial charge on any atom is -0.340 e. The second-order valence-corrected chi connectivity index (χ2v) is 14.1. The highest BCUT2D eigenvalue weighted by Crippen LogP contribution is 2.30. The lowest BCUT2D eigenvalue weighted by atomic mass is 9.88. The number of hydrogen-bond donors (Lipinski definition) is 1. The van der Waals surface area contributed by atoms with Gasteiger partial charge in [0.15, 0.2) is 9.84 Å². The van der Waals surface area contributed by atoms with Gasteiger partial charge in [0.25, 0.3) is 5.91 Å². The quantitative estimate of drug-likeness (QED) is 0.194. The highest BCUT2D eigenvalue weighted by Gasteiger charge is 2.27. The summed E-state index contributed by atoms with van der Waals surface area (Å²) in [6.45, 7) is 5.50. The van der Waals surface area contributed by atoms with Gasteiger partial charge < -0.3 is 15.1 Å². The van der Waals surface area contributed by atoms with E-state index in [-0.39, 0.29) is 35.1 Å². The highest BCUT2D eigenvalue weighted by molar-refractivity contribution is 7.90. The molecule has 0 spiro atoms. The Bertz CT molecular complexity index is 1680. The van der Waals surface area contributed by atoms with Crippen molar-refractivity contribution in [2.24, 2.45) is 0 Å². The third-order valence-corrected chi connectivity index (χ3v) is 10.0. The number of hydrogen-bond acceptors (Lipinski definition) is 5. The van der Waals surface area contributed by atoms with Crippen LogP contribution in [0.15, 0.2) is 114 Å². The molecular weight excluding hydrogens is 595 g/mol. The molecular formula is C38H43N3O4S. The molecule has 1 unspecified atom stereocenters. The molecule has 0 aliphatic carbocycles. The van der Waals surface area contributed by atoms with Gasteiger partial charge >= 0.3 is 0 Å². The molecule has 0 saturated carbocycles. The number of carbonyl (C=O) groups excluding carboxylic acids is 2. The van der Waals surface area contributed by atoms with Crippen LogP contribution < -0.4 is 5.32 Å². The minimum absolute atomic E-state index is 0.0839. The molecule has 2 amide bonds. The molecule has 1 heterocycles. The maximum atomic E-state index is 13.3. The summed E-state index contributed by atoms with van der Waals surface area (Å²) in [4.78, 5) is 30.6. The molecule has 240 valence electrons. The number of likely N-dealkylation sites (N-methyl/N-ethyl adjacent to an activating group) is 1. The van der Waals surface area contributed by atoms with Crippen molar-refractivity contribution < 1.29 is 18.0 Å². The maximum Gasteiger partial charge on any atom is 0.255 e. The number of rotatable bonds is 12. The molecule has 0 radical (unpaired) electrons. The molecule has 8 heteroatoms. The standard InChI is InChI=1S/C38H43N3O4S/c1-3-41(37(42)28-29-14-20-35(21-15-29)46(2,44)45)34-22-25-40(26-23-34)27-24-36(30-10-6-4-7-11-30)31-16-18-33(19-17-31)39-38(43)32-12-8-5-9-13-32/h4-21,34,36H,3,22-28H2,1-2H3,(H,39,43). The molecule has 4 aromatic rings. The van der Waals surface area contributed by atoms with Crippen molar-refractivity contribution in [1.29, 1.82) is 0 Å². The van der Waals surface area contributed by atoms with E-state index in [9.17, 15) is 18.0 Å². The number of likely N-dealkylation sites (tertiary alicyclic amines) is 1. The van der Waals surface area contributed by atoms with E-state index < -0.39 is 9.84 Å². The van der Waals surface area contributed by atoms with Gasteiger partial charge in [-0.2, -0.15) is 0 Å². The predicted molar refractivity (Wildman–Crippen MR) is 184 cm³/mol. The fourth-order valence-corrected chi connectivity index (χ4v) is 6.97. The Labute approximate surface area is 273 Å². The van der Waals surface area contributed by atoms with Gasteiger partial charge in [0.2, 0.25) is 5.91 Å². The largest absolute Gasteiger partial charge is 0.340 e. The Morgan fingerprint density at radius 1 is 0.826 bits per heavy atom. The summed E-state index contributed by atoms with van der Waals surface area (Å²) >= 11 is 0. The minimum atomic E-state index is -3.26. The number of nitrogens with zero attached hydrogens (tertiary/aromatic N) is 2. The van der Waals surface area contributed by atoms with E-state index in [0.717, 1.165) is 50.1 Å². The first-order valence-electron chi connectivity index (χ1n) is 16.0. The molecule has 0 bridgehead atoms. The lowest BCUT2D eigenvalue weighted by molar-refractivity contribution is -0.133. The maximum absolute atomic E-state index is 13.3. The van der Waals surface area contributed by atoms with E-state index in [2.05, 4.69) is 46.6 Å². The Morgan fingerprint density at radius 3 is 2.00 bits per heavy atom. The molecule has 0 aromatic heterocycles. The van der Waals surface area contributed by atoms with Crippen LogP contribution in [0.3, 0.4) is 0 Å². The van der Waals surface area contributed by atoms with Crippen LogP contribution in [-0.4, -0.2) is 68.5 Å². The lowest BCUT2D eigenvalue weighted by Crippen LogP contribution is -2.48. The Balaban J connectivity index is 1.16. The number of anilines is 1. The summed E-state index contributed by atoms with van der Waals surface area (Å²) in [7, 11) is -3.26. The van der Waals surface area contributed by atoms with Crippen LogP contribution in [0.5, 0.6) is 0 Å². The summed E-state index contributed by atoms with van der Waals surface area (Å²) in [6.07, 6.45) is 4.28. The first-order valence-corrected chi connectivity index (χ1v) is 17.9. The number of nitrogens with one attached hydrogen (secondary N) is 1. The summed E-state index contributed by atoms with van der Waals surface area (Å²) in [5.41, 5.74) is 4.71. The van der Waals surface area contributed by atoms with Gasteiger partial charge in [0.05, 0.1) is 11.3 Å². The molecule has 1 saturated heterocycles. The van der Waals surface area contributed by atoms with Crippen molar-refractivity contribution in [3.8, 4) is 0 Å². The molecule has 1 fully saturated rings. The van der Waals surface area contributed by atoms with Crippen LogP contribution in [0.25, 0.3) is 0 Å². The van der Waals surface area contributed by atoms with Crippen LogP contribution >= 0.6 is 0 Å². The monoisotopic (exact) mass is 637 g/mol. The second kappa shape index (κ2) is 15.3. The molecule has 5 rings (SSSR count). The first kappa shape index (κ1) is 33.1. The van der Waals surface area contributed by atoms with Crippen molar-refractivity contribution in [2.75, 3.05) is 37.8 Å². The van der Waals surface area contributed by atoms with Gasteiger partial charge in [-0.05, 0) is 85.8 Å². The fraction of sp³-hybridized carbons (Fsp3) is 0.316. The summed E-state index contributed by atoms with van der Waals surface area (Å²) < 4.78 is 23.6. The van der Waals surface area contributed by atoms with Crippen molar-refractivity contribution >= 4 is 27.3 Å². The highest BCUT2D eigenvalue weighted by atomic mass is 32.2. The smallest absolute Gasteiger partial charge is 0.255 e. The van der Waals surface area contributed by atoms with Gasteiger partial charge in [-0.25, -0.2) is 8.42 Å². The van der Waals surface area contributed by atoms with Crippen molar-refractivity contribution in [3.63, 3.8) is 0 Å². The first-order chi connectivity index (χ1) is 22.2. The fourth-order valence-electron chi connectivity index (χ4n) is 6.34. The van der Waals surface area contributed by atoms with E-state index in [0.29, 0.717) is 12.1 Å². The number of carbonyl (C=O) groups is 2. The molecule has 1 atom stereocenters. The zero-order valence-corrected chi connectivity index (χ0v) is 27.5. The van der Waals surface area contributed by atoms with Gasteiger partial charge in [-0.3, -0.25) is 9.59 Å². The molecule has 1 aliphatic heterocycles. The Kier molecular flexibility index (Phi) is 11.0. The summed E-state index contributed by atoms with van der Waals surface area (Å²) in [5, 5.41) is 3.00. The van der Waals surface area contributed by atoms with Crippen LogP contribution in [0.1, 0.15) is 59.2 Å². The third-order valence-electron chi connectivity index (χ3n) is 8.91. The molecule has 46 heavy (non-hydrogen) atoms. The van der Waals surface area contributed by atoms with Crippen LogP contribution in [0.4, 0.5) is 5.69 Å². The number of amides is 2. The Morgan fingerprint density at radius 2 is 1.41 bits per heavy atom. The third kappa shape index (κ3) is 8.71. The average molecular weight is 638 g/mol. The van der Waals surface area contributed by atoms with E-state index in [4.69, 9.17) is 0 Å². The zero-order chi connectivity index (χ0) is 32.5. The summed E-state index contributed by atoms with van der Waals surface area (Å²) in [5.74, 6) is 0.184. The van der Waals surface area contributed by atoms with Crippen LogP contribution in [-0.2, 0) is 21.1 Å². The summed E-state index contributed by atoms with van der Waals surface area (Å²) in [6, 6.07) is 34.8. The van der Waals surface area contributed by atoms with Crippen molar-refractivity contribution in [3.05, 3.63) is 131 Å². The predicted octanol–water partition coefficient (Wildman–Crippen LogP) is 6.42. The second-order valence-electron chi connectivity index (χ2n) is 12.0. The van der Waals surface area contributed by atoms with Crippen molar-refractivity contribution in [2.45, 2.75) is 49.5 Å². The molecule has 1 N–H and O–H groups in total. The number of piperidine rings is 1. The van der Waals surface area contributed by atoms with Crippen LogP contribution in [0.2, 0.25) is 0 Å². The van der Waals surface area contributed by atoms with E-state index in [1.807, 2.05) is 48.2 Å². The van der Waals surface area contributed by atoms with E-state index in [1.165, 1.54) is 17.4 Å². The molecule has 1 aliphatic rings. The van der Waals surface area contributed by atoms with Gasteiger partial charge in [-0.1, -0.05) is 72.8 Å². The normalized spacial score (nSPS) is 14.8. The van der Waals surface area contributed by atoms with Gasteiger partial charge in [0.1, 0.15) is 0 Å².